The van der Waals surface area contributed by atoms with Crippen molar-refractivity contribution in [3.8, 4) is 0 Å². The van der Waals surface area contributed by atoms with Crippen LogP contribution in [-0.2, 0) is 16.6 Å². The number of anilines is 1. The maximum atomic E-state index is 12.4. The fraction of sp³-hybridized carbons (Fsp3) is 0.562. The highest BCUT2D eigenvalue weighted by atomic mass is 32.1. The highest BCUT2D eigenvalue weighted by molar-refractivity contribution is 7.15. The van der Waals surface area contributed by atoms with E-state index >= 15 is 0 Å². The molecule has 0 spiro atoms. The molecule has 0 aromatic carbocycles. The van der Waals surface area contributed by atoms with E-state index in [0.29, 0.717) is 30.8 Å². The molecule has 2 aromatic heterocycles. The fourth-order valence-electron chi connectivity index (χ4n) is 2.78. The fourth-order valence-corrected chi connectivity index (χ4v) is 3.54. The number of morpholine rings is 1. The van der Waals surface area contributed by atoms with E-state index in [2.05, 4.69) is 44.9 Å². The molecule has 24 heavy (non-hydrogen) atoms. The summed E-state index contributed by atoms with van der Waals surface area (Å²) >= 11 is 1.43. The molecule has 8 heteroatoms. The minimum Gasteiger partial charge on any atom is -0.378 e. The van der Waals surface area contributed by atoms with Gasteiger partial charge in [0.1, 0.15) is 5.01 Å². The van der Waals surface area contributed by atoms with Gasteiger partial charge in [0, 0.05) is 31.4 Å². The molecule has 1 saturated heterocycles. The number of carbonyl (C=O) groups excluding carboxylic acids is 1. The quantitative estimate of drug-likeness (QED) is 0.894. The van der Waals surface area contributed by atoms with Gasteiger partial charge in [-0.25, -0.2) is 0 Å². The molecule has 1 atom stereocenters. The van der Waals surface area contributed by atoms with Crippen molar-refractivity contribution in [3.63, 3.8) is 0 Å². The Labute approximate surface area is 145 Å². The third-order valence-electron chi connectivity index (χ3n) is 4.09. The summed E-state index contributed by atoms with van der Waals surface area (Å²) in [5.41, 5.74) is 1.15. The Balaban J connectivity index is 1.64. The highest BCUT2D eigenvalue weighted by Gasteiger charge is 2.28. The van der Waals surface area contributed by atoms with E-state index in [1.54, 1.807) is 0 Å². The molecule has 130 valence electrons. The summed E-state index contributed by atoms with van der Waals surface area (Å²) in [4.78, 5) is 14.5. The van der Waals surface area contributed by atoms with E-state index in [9.17, 15) is 4.79 Å². The summed E-state index contributed by atoms with van der Waals surface area (Å²) in [6.07, 6.45) is 2.01. The molecule has 1 fully saturated rings. The molecular weight excluding hydrogens is 326 g/mol. The molecule has 3 heterocycles. The van der Waals surface area contributed by atoms with Gasteiger partial charge in [-0.05, 0) is 12.1 Å². The molecule has 1 aliphatic heterocycles. The molecule has 0 unspecified atom stereocenters. The van der Waals surface area contributed by atoms with Crippen molar-refractivity contribution in [3.05, 3.63) is 29.0 Å². The lowest BCUT2D eigenvalue weighted by atomic mass is 10.1. The second kappa shape index (κ2) is 7.42. The van der Waals surface area contributed by atoms with Gasteiger partial charge < -0.3 is 9.30 Å². The van der Waals surface area contributed by atoms with Crippen LogP contribution in [0.2, 0.25) is 0 Å². The average molecular weight is 349 g/mol. The Hall–Kier alpha value is -1.77. The summed E-state index contributed by atoms with van der Waals surface area (Å²) < 4.78 is 7.69. The van der Waals surface area contributed by atoms with Gasteiger partial charge in [-0.2, -0.15) is 0 Å². The predicted molar refractivity (Wildman–Crippen MR) is 93.2 cm³/mol. The minimum atomic E-state index is -0.0671. The number of hydrogen-bond acceptors (Lipinski definition) is 6. The van der Waals surface area contributed by atoms with E-state index in [0.717, 1.165) is 17.2 Å². The Bertz CT molecular complexity index is 696. The first-order valence-electron chi connectivity index (χ1n) is 8.11. The molecule has 0 radical (unpaired) electrons. The van der Waals surface area contributed by atoms with Crippen molar-refractivity contribution in [1.29, 1.82) is 0 Å². The lowest BCUT2D eigenvalue weighted by Gasteiger charge is -2.35. The third-order valence-corrected chi connectivity index (χ3v) is 5.23. The summed E-state index contributed by atoms with van der Waals surface area (Å²) in [5.74, 6) is 0.247. The molecule has 1 amide bonds. The Morgan fingerprint density at radius 1 is 1.50 bits per heavy atom. The minimum absolute atomic E-state index is 0.0671. The van der Waals surface area contributed by atoms with Crippen molar-refractivity contribution < 1.29 is 9.53 Å². The molecular formula is C16H23N5O2S. The summed E-state index contributed by atoms with van der Waals surface area (Å²) in [6.45, 7) is 6.41. The Morgan fingerprint density at radius 3 is 3.00 bits per heavy atom. The van der Waals surface area contributed by atoms with Crippen molar-refractivity contribution >= 4 is 22.4 Å². The van der Waals surface area contributed by atoms with Gasteiger partial charge >= 0.3 is 0 Å². The van der Waals surface area contributed by atoms with E-state index < -0.39 is 0 Å². The van der Waals surface area contributed by atoms with Gasteiger partial charge in [0.05, 0.1) is 25.8 Å². The zero-order valence-electron chi connectivity index (χ0n) is 14.2. The number of ether oxygens (including phenoxy) is 1. The third kappa shape index (κ3) is 3.82. The summed E-state index contributed by atoms with van der Waals surface area (Å²) in [5, 5.41) is 12.5. The van der Waals surface area contributed by atoms with Crippen molar-refractivity contribution in [2.45, 2.75) is 25.8 Å². The predicted octanol–water partition coefficient (Wildman–Crippen LogP) is 2.01. The van der Waals surface area contributed by atoms with Crippen LogP contribution in [0.5, 0.6) is 0 Å². The van der Waals surface area contributed by atoms with Crippen LogP contribution in [0, 0.1) is 0 Å². The maximum Gasteiger partial charge on any atom is 0.240 e. The molecule has 3 rings (SSSR count). The van der Waals surface area contributed by atoms with Crippen LogP contribution in [0.15, 0.2) is 18.3 Å². The van der Waals surface area contributed by atoms with Crippen molar-refractivity contribution in [2.24, 2.45) is 7.05 Å². The molecule has 0 aliphatic carbocycles. The first-order chi connectivity index (χ1) is 11.5. The maximum absolute atomic E-state index is 12.4. The molecule has 1 N–H and O–H groups in total. The SMILES string of the molecule is CC(C)c1nnc(NC(=O)CN2CCOC[C@@H]2c2cccn2C)s1. The molecule has 0 saturated carbocycles. The van der Waals surface area contributed by atoms with Gasteiger partial charge in [0.25, 0.3) is 0 Å². The van der Waals surface area contributed by atoms with Gasteiger partial charge in [0.15, 0.2) is 0 Å². The Kier molecular flexibility index (Phi) is 5.27. The number of rotatable bonds is 5. The average Bonchev–Trinajstić information content (AvgIpc) is 3.17. The standard InChI is InChI=1S/C16H23N5O2S/c1-11(2)15-18-19-16(24-15)17-14(22)9-21-7-8-23-10-13(21)12-5-4-6-20(12)3/h4-6,11,13H,7-10H2,1-3H3,(H,17,19,22)/t13-/m1/s1. The van der Waals surface area contributed by atoms with Crippen LogP contribution in [-0.4, -0.2) is 51.9 Å². The Morgan fingerprint density at radius 2 is 2.33 bits per heavy atom. The van der Waals surface area contributed by atoms with Crippen LogP contribution in [0.1, 0.15) is 36.5 Å². The first-order valence-corrected chi connectivity index (χ1v) is 8.92. The van der Waals surface area contributed by atoms with Crippen LogP contribution in [0.25, 0.3) is 0 Å². The van der Waals surface area contributed by atoms with Gasteiger partial charge in [0.2, 0.25) is 11.0 Å². The largest absolute Gasteiger partial charge is 0.378 e. The molecule has 7 nitrogen and oxygen atoms in total. The second-order valence-electron chi connectivity index (χ2n) is 6.25. The van der Waals surface area contributed by atoms with Crippen LogP contribution < -0.4 is 5.32 Å². The van der Waals surface area contributed by atoms with Crippen LogP contribution >= 0.6 is 11.3 Å². The number of carbonyl (C=O) groups is 1. The summed E-state index contributed by atoms with van der Waals surface area (Å²) in [7, 11) is 2.01. The molecule has 1 aliphatic rings. The van der Waals surface area contributed by atoms with Crippen LogP contribution in [0.3, 0.4) is 0 Å². The number of aromatic nitrogens is 3. The molecule has 0 bridgehead atoms. The van der Waals surface area contributed by atoms with E-state index in [4.69, 9.17) is 4.74 Å². The topological polar surface area (TPSA) is 72.3 Å². The summed E-state index contributed by atoms with van der Waals surface area (Å²) in [6, 6.07) is 4.17. The lowest BCUT2D eigenvalue weighted by molar-refractivity contribution is -0.119. The lowest BCUT2D eigenvalue weighted by Crippen LogP contribution is -2.44. The first kappa shape index (κ1) is 17.1. The number of nitrogens with one attached hydrogen (secondary N) is 1. The van der Waals surface area contributed by atoms with Gasteiger partial charge in [-0.1, -0.05) is 25.2 Å². The van der Waals surface area contributed by atoms with E-state index in [1.165, 1.54) is 11.3 Å². The number of hydrogen-bond donors (Lipinski definition) is 1. The molecule has 2 aromatic rings. The normalized spacial score (nSPS) is 18.9. The van der Waals surface area contributed by atoms with Crippen molar-refractivity contribution in [2.75, 3.05) is 31.6 Å². The van der Waals surface area contributed by atoms with E-state index in [-0.39, 0.29) is 11.9 Å². The number of amides is 1. The zero-order chi connectivity index (χ0) is 17.1. The van der Waals surface area contributed by atoms with Gasteiger partial charge in [-0.15, -0.1) is 10.2 Å². The van der Waals surface area contributed by atoms with Crippen LogP contribution in [0.4, 0.5) is 5.13 Å². The van der Waals surface area contributed by atoms with Gasteiger partial charge in [-0.3, -0.25) is 15.0 Å². The van der Waals surface area contributed by atoms with E-state index in [1.807, 2.05) is 19.3 Å². The number of aryl methyl sites for hydroxylation is 1. The monoisotopic (exact) mass is 349 g/mol. The highest BCUT2D eigenvalue weighted by Crippen LogP contribution is 2.25. The smallest absolute Gasteiger partial charge is 0.240 e. The number of nitrogens with zero attached hydrogens (tertiary/aromatic N) is 4. The van der Waals surface area contributed by atoms with Crippen molar-refractivity contribution in [1.82, 2.24) is 19.7 Å². The zero-order valence-corrected chi connectivity index (χ0v) is 15.0. The second-order valence-corrected chi connectivity index (χ2v) is 7.26.